The lowest BCUT2D eigenvalue weighted by Gasteiger charge is -2.34. The van der Waals surface area contributed by atoms with Crippen molar-refractivity contribution in [1.82, 2.24) is 19.9 Å². The van der Waals surface area contributed by atoms with E-state index in [0.717, 1.165) is 5.39 Å². The summed E-state index contributed by atoms with van der Waals surface area (Å²) < 4.78 is 4.94. The number of nitrogens with one attached hydrogen (secondary N) is 1. The van der Waals surface area contributed by atoms with Gasteiger partial charge in [0.1, 0.15) is 5.76 Å². The number of carbonyl (C=O) groups is 2. The first kappa shape index (κ1) is 19.4. The molecule has 1 aromatic carbocycles. The molecule has 3 heterocycles. The predicted molar refractivity (Wildman–Crippen MR) is 109 cm³/mol. The molecule has 0 saturated carbocycles. The number of aromatic nitrogens is 2. The first-order chi connectivity index (χ1) is 14.0. The Morgan fingerprint density at radius 2 is 2.00 bits per heavy atom. The van der Waals surface area contributed by atoms with E-state index in [-0.39, 0.29) is 18.4 Å². The van der Waals surface area contributed by atoms with Gasteiger partial charge in [-0.2, -0.15) is 0 Å². The maximum absolute atomic E-state index is 13.0. The number of carbonyl (C=O) groups excluding carboxylic acids is 2. The number of hydrogen-bond acceptors (Lipinski definition) is 6. The van der Waals surface area contributed by atoms with E-state index in [4.69, 9.17) is 16.1 Å². The number of pyridine rings is 1. The van der Waals surface area contributed by atoms with Gasteiger partial charge in [0.25, 0.3) is 5.91 Å². The normalized spacial score (nSPS) is 14.9. The van der Waals surface area contributed by atoms with E-state index in [1.807, 2.05) is 17.0 Å². The SMILES string of the molecule is Cc1cc(NC(=O)CN2CCN(C(=O)c3cc(Cl)cc4cccnc34)CC2)no1. The number of benzene rings is 1. The van der Waals surface area contributed by atoms with Crippen molar-refractivity contribution in [2.24, 2.45) is 0 Å². The Labute approximate surface area is 172 Å². The van der Waals surface area contributed by atoms with Crippen molar-refractivity contribution < 1.29 is 14.1 Å². The van der Waals surface area contributed by atoms with E-state index < -0.39 is 0 Å². The molecule has 8 nitrogen and oxygen atoms in total. The number of amides is 2. The largest absolute Gasteiger partial charge is 0.360 e. The molecule has 0 bridgehead atoms. The Kier molecular flexibility index (Phi) is 5.46. The third-order valence-corrected chi connectivity index (χ3v) is 5.04. The van der Waals surface area contributed by atoms with Crippen molar-refractivity contribution >= 4 is 40.1 Å². The first-order valence-electron chi connectivity index (χ1n) is 9.29. The zero-order valence-electron chi connectivity index (χ0n) is 15.9. The van der Waals surface area contributed by atoms with E-state index >= 15 is 0 Å². The first-order valence-corrected chi connectivity index (χ1v) is 9.66. The molecule has 0 atom stereocenters. The third kappa shape index (κ3) is 4.38. The van der Waals surface area contributed by atoms with Crippen LogP contribution in [0.25, 0.3) is 10.9 Å². The molecule has 1 aliphatic heterocycles. The smallest absolute Gasteiger partial charge is 0.256 e. The lowest BCUT2D eigenvalue weighted by atomic mass is 10.1. The summed E-state index contributed by atoms with van der Waals surface area (Å²) in [5.41, 5.74) is 1.15. The Balaban J connectivity index is 1.37. The van der Waals surface area contributed by atoms with Crippen molar-refractivity contribution in [3.8, 4) is 0 Å². The van der Waals surface area contributed by atoms with Crippen molar-refractivity contribution in [2.75, 3.05) is 38.0 Å². The molecule has 150 valence electrons. The monoisotopic (exact) mass is 413 g/mol. The van der Waals surface area contributed by atoms with Crippen LogP contribution >= 0.6 is 11.6 Å². The summed E-state index contributed by atoms with van der Waals surface area (Å²) in [5.74, 6) is 0.776. The van der Waals surface area contributed by atoms with Gasteiger partial charge in [0.15, 0.2) is 5.82 Å². The molecule has 2 aromatic heterocycles. The number of hydrogen-bond donors (Lipinski definition) is 1. The Bertz CT molecular complexity index is 1060. The second-order valence-corrected chi connectivity index (χ2v) is 7.40. The van der Waals surface area contributed by atoms with Gasteiger partial charge in [0.05, 0.1) is 17.6 Å². The number of piperazine rings is 1. The number of fused-ring (bicyclic) bond motifs is 1. The Morgan fingerprint density at radius 1 is 1.21 bits per heavy atom. The van der Waals surface area contributed by atoms with Gasteiger partial charge in [-0.3, -0.25) is 19.5 Å². The van der Waals surface area contributed by atoms with Crippen LogP contribution < -0.4 is 5.32 Å². The highest BCUT2D eigenvalue weighted by Gasteiger charge is 2.25. The number of halogens is 1. The van der Waals surface area contributed by atoms with E-state index in [9.17, 15) is 9.59 Å². The maximum atomic E-state index is 13.0. The minimum absolute atomic E-state index is 0.0987. The zero-order chi connectivity index (χ0) is 20.4. The highest BCUT2D eigenvalue weighted by atomic mass is 35.5. The summed E-state index contributed by atoms with van der Waals surface area (Å²) in [7, 11) is 0. The van der Waals surface area contributed by atoms with Crippen LogP contribution in [0.3, 0.4) is 0 Å². The van der Waals surface area contributed by atoms with Crippen LogP contribution in [0.2, 0.25) is 5.02 Å². The summed E-state index contributed by atoms with van der Waals surface area (Å²) in [6, 6.07) is 8.83. The van der Waals surface area contributed by atoms with Gasteiger partial charge in [-0.05, 0) is 25.1 Å². The molecule has 29 heavy (non-hydrogen) atoms. The average Bonchev–Trinajstić information content (AvgIpc) is 3.11. The number of nitrogens with zero attached hydrogens (tertiary/aromatic N) is 4. The van der Waals surface area contributed by atoms with Crippen LogP contribution in [0.15, 0.2) is 41.1 Å². The highest BCUT2D eigenvalue weighted by molar-refractivity contribution is 6.32. The summed E-state index contributed by atoms with van der Waals surface area (Å²) >= 11 is 6.19. The fourth-order valence-corrected chi connectivity index (χ4v) is 3.64. The highest BCUT2D eigenvalue weighted by Crippen LogP contribution is 2.24. The zero-order valence-corrected chi connectivity index (χ0v) is 16.6. The summed E-state index contributed by atoms with van der Waals surface area (Å²) in [4.78, 5) is 33.3. The number of rotatable bonds is 4. The molecule has 0 unspecified atom stereocenters. The molecule has 0 radical (unpaired) electrons. The van der Waals surface area contributed by atoms with Gasteiger partial charge in [-0.25, -0.2) is 0 Å². The fraction of sp³-hybridized carbons (Fsp3) is 0.300. The number of aryl methyl sites for hydroxylation is 1. The summed E-state index contributed by atoms with van der Waals surface area (Å²) in [6.07, 6.45) is 1.67. The minimum atomic E-state index is -0.164. The van der Waals surface area contributed by atoms with Crippen LogP contribution in [0, 0.1) is 6.92 Å². The Morgan fingerprint density at radius 3 is 2.72 bits per heavy atom. The molecule has 9 heteroatoms. The molecular weight excluding hydrogens is 394 g/mol. The molecule has 1 N–H and O–H groups in total. The van der Waals surface area contributed by atoms with Gasteiger partial charge in [0.2, 0.25) is 5.91 Å². The molecular formula is C20H20ClN5O3. The maximum Gasteiger partial charge on any atom is 0.256 e. The molecule has 1 aliphatic rings. The van der Waals surface area contributed by atoms with Crippen molar-refractivity contribution in [3.63, 3.8) is 0 Å². The van der Waals surface area contributed by atoms with Crippen LogP contribution in [0.5, 0.6) is 0 Å². The molecule has 1 saturated heterocycles. The van der Waals surface area contributed by atoms with Gasteiger partial charge >= 0.3 is 0 Å². The molecule has 1 fully saturated rings. The summed E-state index contributed by atoms with van der Waals surface area (Å²) in [5, 5.41) is 7.80. The van der Waals surface area contributed by atoms with Crippen molar-refractivity contribution in [1.29, 1.82) is 0 Å². The summed E-state index contributed by atoms with van der Waals surface area (Å²) in [6.45, 7) is 4.24. The second kappa shape index (κ2) is 8.18. The quantitative estimate of drug-likeness (QED) is 0.706. The van der Waals surface area contributed by atoms with Crippen LogP contribution in [-0.4, -0.2) is 64.5 Å². The second-order valence-electron chi connectivity index (χ2n) is 6.97. The third-order valence-electron chi connectivity index (χ3n) is 4.82. The van der Waals surface area contributed by atoms with E-state index in [0.29, 0.717) is 53.9 Å². The van der Waals surface area contributed by atoms with Crippen LogP contribution in [0.4, 0.5) is 5.82 Å². The van der Waals surface area contributed by atoms with E-state index in [1.54, 1.807) is 36.2 Å². The van der Waals surface area contributed by atoms with Crippen molar-refractivity contribution in [3.05, 3.63) is 52.9 Å². The van der Waals surface area contributed by atoms with Gasteiger partial charge in [-0.15, -0.1) is 0 Å². The standard InChI is InChI=1S/C20H20ClN5O3/c1-13-9-17(24-29-13)23-18(27)12-25-5-7-26(8-6-25)20(28)16-11-15(21)10-14-3-2-4-22-19(14)16/h2-4,9-11H,5-8,12H2,1H3,(H,23,24,27). The molecule has 4 rings (SSSR count). The lowest BCUT2D eigenvalue weighted by Crippen LogP contribution is -2.50. The predicted octanol–water partition coefficient (Wildman–Crippen LogP) is 2.58. The number of anilines is 1. The molecule has 0 spiro atoms. The van der Waals surface area contributed by atoms with E-state index in [2.05, 4.69) is 15.5 Å². The van der Waals surface area contributed by atoms with Gasteiger partial charge in [-0.1, -0.05) is 22.8 Å². The topological polar surface area (TPSA) is 91.6 Å². The van der Waals surface area contributed by atoms with Gasteiger partial charge < -0.3 is 14.7 Å². The van der Waals surface area contributed by atoms with Crippen LogP contribution in [0.1, 0.15) is 16.1 Å². The lowest BCUT2D eigenvalue weighted by molar-refractivity contribution is -0.117. The van der Waals surface area contributed by atoms with Crippen molar-refractivity contribution in [2.45, 2.75) is 6.92 Å². The molecule has 3 aromatic rings. The van der Waals surface area contributed by atoms with Crippen LogP contribution in [-0.2, 0) is 4.79 Å². The fourth-order valence-electron chi connectivity index (χ4n) is 3.41. The molecule has 2 amide bonds. The van der Waals surface area contributed by atoms with Gasteiger partial charge in [0, 0.05) is 48.9 Å². The Hall–Kier alpha value is -2.97. The average molecular weight is 414 g/mol. The minimum Gasteiger partial charge on any atom is -0.360 e. The molecule has 0 aliphatic carbocycles. The van der Waals surface area contributed by atoms with E-state index in [1.165, 1.54) is 0 Å².